The first-order valence-corrected chi connectivity index (χ1v) is 5.17. The zero-order valence-corrected chi connectivity index (χ0v) is 9.53. The van der Waals surface area contributed by atoms with Crippen LogP contribution in [0.1, 0.15) is 23.3 Å². The lowest BCUT2D eigenvalue weighted by molar-refractivity contribution is -0.159. The molecule has 0 aliphatic rings. The molecule has 0 radical (unpaired) electrons. The van der Waals surface area contributed by atoms with Crippen LogP contribution in [0.15, 0.2) is 28.8 Å². The summed E-state index contributed by atoms with van der Waals surface area (Å²) in [7, 11) is 0. The van der Waals surface area contributed by atoms with Crippen LogP contribution in [0.3, 0.4) is 0 Å². The predicted molar refractivity (Wildman–Crippen MR) is 56.8 cm³/mol. The summed E-state index contributed by atoms with van der Waals surface area (Å²) in [6, 6.07) is 5.46. The monoisotopic (exact) mass is 277 g/mol. The molecule has 0 aliphatic heterocycles. The van der Waals surface area contributed by atoms with Crippen molar-refractivity contribution in [2.45, 2.75) is 12.2 Å². The van der Waals surface area contributed by atoms with Crippen molar-refractivity contribution in [3.63, 3.8) is 0 Å². The van der Waals surface area contributed by atoms with Gasteiger partial charge in [-0.15, -0.1) is 0 Å². The molecule has 0 amide bonds. The van der Waals surface area contributed by atoms with Gasteiger partial charge in [-0.2, -0.15) is 18.2 Å². The van der Waals surface area contributed by atoms with Crippen molar-refractivity contribution >= 4 is 11.6 Å². The normalized spacial score (nSPS) is 13.6. The standard InChI is InChI=1S/C10H7ClF3N3O/c11-6-3-1-2-5(4-6)7(15)8-16-9(18-17-8)10(12,13)14/h1-4,7H,15H2. The van der Waals surface area contributed by atoms with E-state index in [4.69, 9.17) is 17.3 Å². The molecule has 2 N–H and O–H groups in total. The van der Waals surface area contributed by atoms with E-state index in [-0.39, 0.29) is 5.82 Å². The molecule has 96 valence electrons. The molecule has 0 spiro atoms. The molecule has 8 heteroatoms. The Hall–Kier alpha value is -1.60. The molecule has 0 saturated heterocycles. The third-order valence-corrected chi connectivity index (χ3v) is 2.41. The lowest BCUT2D eigenvalue weighted by Gasteiger charge is -2.07. The Kier molecular flexibility index (Phi) is 3.27. The van der Waals surface area contributed by atoms with E-state index in [1.54, 1.807) is 18.2 Å². The van der Waals surface area contributed by atoms with E-state index in [0.717, 1.165) is 0 Å². The van der Waals surface area contributed by atoms with Gasteiger partial charge in [0.15, 0.2) is 5.82 Å². The van der Waals surface area contributed by atoms with E-state index in [9.17, 15) is 13.2 Å². The van der Waals surface area contributed by atoms with Gasteiger partial charge >= 0.3 is 12.1 Å². The van der Waals surface area contributed by atoms with E-state index in [0.29, 0.717) is 10.6 Å². The van der Waals surface area contributed by atoms with Crippen LogP contribution >= 0.6 is 11.6 Å². The van der Waals surface area contributed by atoms with E-state index < -0.39 is 18.1 Å². The maximum Gasteiger partial charge on any atom is 0.471 e. The SMILES string of the molecule is NC(c1cccc(Cl)c1)c1noc(C(F)(F)F)n1. The average molecular weight is 278 g/mol. The highest BCUT2D eigenvalue weighted by Crippen LogP contribution is 2.29. The summed E-state index contributed by atoms with van der Waals surface area (Å²) < 4.78 is 40.9. The van der Waals surface area contributed by atoms with Crippen LogP contribution in [0.25, 0.3) is 0 Å². The molecule has 4 nitrogen and oxygen atoms in total. The van der Waals surface area contributed by atoms with Gasteiger partial charge in [0.25, 0.3) is 0 Å². The van der Waals surface area contributed by atoms with Crippen molar-refractivity contribution in [3.05, 3.63) is 46.6 Å². The van der Waals surface area contributed by atoms with Crippen molar-refractivity contribution < 1.29 is 17.7 Å². The van der Waals surface area contributed by atoms with Crippen molar-refractivity contribution in [2.75, 3.05) is 0 Å². The molecule has 1 aromatic carbocycles. The van der Waals surface area contributed by atoms with Gasteiger partial charge < -0.3 is 10.3 Å². The van der Waals surface area contributed by atoms with Crippen LogP contribution in [0, 0.1) is 0 Å². The molecule has 0 aliphatic carbocycles. The lowest BCUT2D eigenvalue weighted by Crippen LogP contribution is -2.14. The van der Waals surface area contributed by atoms with Crippen molar-refractivity contribution in [2.24, 2.45) is 5.73 Å². The van der Waals surface area contributed by atoms with Gasteiger partial charge in [-0.1, -0.05) is 28.9 Å². The average Bonchev–Trinajstić information content (AvgIpc) is 2.77. The van der Waals surface area contributed by atoms with Gasteiger partial charge in [-0.25, -0.2) is 0 Å². The third kappa shape index (κ3) is 2.62. The Bertz CT molecular complexity index is 555. The van der Waals surface area contributed by atoms with E-state index in [1.165, 1.54) is 6.07 Å². The largest absolute Gasteiger partial charge is 0.471 e. The lowest BCUT2D eigenvalue weighted by atomic mass is 10.1. The molecule has 1 aromatic heterocycles. The number of halogens is 4. The number of nitrogens with two attached hydrogens (primary N) is 1. The summed E-state index contributed by atoms with van der Waals surface area (Å²) in [4.78, 5) is 3.22. The van der Waals surface area contributed by atoms with E-state index in [1.807, 2.05) is 0 Å². The smallest absolute Gasteiger partial charge is 0.329 e. The van der Waals surface area contributed by atoms with Crippen LogP contribution in [0.5, 0.6) is 0 Å². The van der Waals surface area contributed by atoms with Crippen molar-refractivity contribution in [1.29, 1.82) is 0 Å². The fraction of sp³-hybridized carbons (Fsp3) is 0.200. The number of nitrogens with zero attached hydrogens (tertiary/aromatic N) is 2. The molecule has 2 aromatic rings. The molecule has 0 saturated carbocycles. The zero-order valence-electron chi connectivity index (χ0n) is 8.78. The number of benzene rings is 1. The van der Waals surface area contributed by atoms with Crippen LogP contribution in [0.4, 0.5) is 13.2 Å². The molecule has 0 bridgehead atoms. The number of hydrogen-bond acceptors (Lipinski definition) is 4. The number of hydrogen-bond donors (Lipinski definition) is 1. The summed E-state index contributed by atoms with van der Waals surface area (Å²) in [5.41, 5.74) is 6.23. The second-order valence-electron chi connectivity index (χ2n) is 3.49. The minimum Gasteiger partial charge on any atom is -0.329 e. The van der Waals surface area contributed by atoms with E-state index in [2.05, 4.69) is 14.7 Å². The topological polar surface area (TPSA) is 64.9 Å². The Balaban J connectivity index is 2.29. The van der Waals surface area contributed by atoms with Gasteiger partial charge in [0, 0.05) is 5.02 Å². The quantitative estimate of drug-likeness (QED) is 0.917. The van der Waals surface area contributed by atoms with E-state index >= 15 is 0 Å². The second kappa shape index (κ2) is 4.58. The summed E-state index contributed by atoms with van der Waals surface area (Å²) in [5, 5.41) is 3.63. The van der Waals surface area contributed by atoms with Crippen molar-refractivity contribution in [1.82, 2.24) is 10.1 Å². The van der Waals surface area contributed by atoms with Crippen LogP contribution < -0.4 is 5.73 Å². The highest BCUT2D eigenvalue weighted by Gasteiger charge is 2.39. The molecular formula is C10H7ClF3N3O. The Morgan fingerprint density at radius 1 is 1.33 bits per heavy atom. The van der Waals surface area contributed by atoms with Gasteiger partial charge in [0.05, 0.1) is 6.04 Å². The van der Waals surface area contributed by atoms with Gasteiger partial charge in [0.1, 0.15) is 0 Å². The molecule has 0 fully saturated rings. The second-order valence-corrected chi connectivity index (χ2v) is 3.92. The summed E-state index contributed by atoms with van der Waals surface area (Å²) in [5.74, 6) is -1.67. The number of aromatic nitrogens is 2. The number of rotatable bonds is 2. The summed E-state index contributed by atoms with van der Waals surface area (Å²) in [6.07, 6.45) is -4.68. The van der Waals surface area contributed by atoms with Crippen LogP contribution in [-0.2, 0) is 6.18 Å². The molecule has 1 unspecified atom stereocenters. The van der Waals surface area contributed by atoms with Crippen LogP contribution in [0.2, 0.25) is 5.02 Å². The Morgan fingerprint density at radius 2 is 2.06 bits per heavy atom. The van der Waals surface area contributed by atoms with Gasteiger partial charge in [0.2, 0.25) is 0 Å². The molecular weight excluding hydrogens is 271 g/mol. The minimum absolute atomic E-state index is 0.246. The van der Waals surface area contributed by atoms with Crippen LogP contribution in [-0.4, -0.2) is 10.1 Å². The summed E-state index contributed by atoms with van der Waals surface area (Å²) in [6.45, 7) is 0. The zero-order chi connectivity index (χ0) is 13.3. The number of alkyl halides is 3. The molecule has 1 heterocycles. The maximum absolute atomic E-state index is 12.3. The fourth-order valence-corrected chi connectivity index (χ4v) is 1.52. The van der Waals surface area contributed by atoms with Crippen molar-refractivity contribution in [3.8, 4) is 0 Å². The molecule has 18 heavy (non-hydrogen) atoms. The highest BCUT2D eigenvalue weighted by molar-refractivity contribution is 6.30. The first-order valence-electron chi connectivity index (χ1n) is 4.80. The fourth-order valence-electron chi connectivity index (χ4n) is 1.33. The third-order valence-electron chi connectivity index (χ3n) is 2.17. The maximum atomic E-state index is 12.3. The molecule has 1 atom stereocenters. The molecule has 2 rings (SSSR count). The Morgan fingerprint density at radius 3 is 2.61 bits per heavy atom. The first kappa shape index (κ1) is 12.8. The first-order chi connectivity index (χ1) is 8.38. The Labute approximate surface area is 105 Å². The highest BCUT2D eigenvalue weighted by atomic mass is 35.5. The van der Waals surface area contributed by atoms with Gasteiger partial charge in [-0.3, -0.25) is 0 Å². The van der Waals surface area contributed by atoms with Gasteiger partial charge in [-0.05, 0) is 17.7 Å². The summed E-state index contributed by atoms with van der Waals surface area (Å²) >= 11 is 5.75. The minimum atomic E-state index is -4.68. The predicted octanol–water partition coefficient (Wildman–Crippen LogP) is 2.79.